The van der Waals surface area contributed by atoms with Crippen molar-refractivity contribution in [3.8, 4) is 0 Å². The van der Waals surface area contributed by atoms with Crippen molar-refractivity contribution in [3.05, 3.63) is 28.2 Å². The molecule has 2 aliphatic heterocycles. The molecule has 0 aliphatic carbocycles. The molecule has 0 aromatic heterocycles. The number of hydrogen-bond acceptors (Lipinski definition) is 3. The van der Waals surface area contributed by atoms with Crippen LogP contribution >= 0.6 is 23.2 Å². The number of rotatable bonds is 3. The van der Waals surface area contributed by atoms with Gasteiger partial charge in [-0.05, 0) is 44.5 Å². The average molecular weight is 370 g/mol. The highest BCUT2D eigenvalue weighted by Gasteiger charge is 2.41. The summed E-state index contributed by atoms with van der Waals surface area (Å²) in [5.41, 5.74) is 0.580. The van der Waals surface area contributed by atoms with Crippen molar-refractivity contribution in [3.63, 3.8) is 0 Å². The molecule has 0 bridgehead atoms. The Morgan fingerprint density at radius 2 is 2.04 bits per heavy atom. The van der Waals surface area contributed by atoms with Gasteiger partial charge in [0.25, 0.3) is 0 Å². The molecular weight excluding hydrogens is 349 g/mol. The van der Waals surface area contributed by atoms with Crippen LogP contribution in [0.5, 0.6) is 0 Å². The molecule has 2 aliphatic rings. The third-order valence-corrected chi connectivity index (χ3v) is 5.40. The molecule has 0 radical (unpaired) electrons. The lowest BCUT2D eigenvalue weighted by Gasteiger charge is -2.33. The highest BCUT2D eigenvalue weighted by molar-refractivity contribution is 6.36. The maximum Gasteiger partial charge on any atom is 0.239 e. The van der Waals surface area contributed by atoms with Crippen LogP contribution in [-0.2, 0) is 9.59 Å². The fraction of sp³-hybridized carbons (Fsp3) is 0.529. The van der Waals surface area contributed by atoms with E-state index in [9.17, 15) is 9.59 Å². The SMILES string of the molecule is CN[C@H]1CCCN(C(=O)[C@@H]2CCN(c3cc(Cl)ccc3Cl)C2=O)C1. The number of halogens is 2. The molecule has 1 aromatic carbocycles. The monoisotopic (exact) mass is 369 g/mol. The molecule has 5 nitrogen and oxygen atoms in total. The van der Waals surface area contributed by atoms with Crippen LogP contribution in [0.2, 0.25) is 10.0 Å². The molecule has 7 heteroatoms. The Hall–Kier alpha value is -1.30. The number of likely N-dealkylation sites (N-methyl/N-ethyl adjacent to an activating group) is 1. The molecule has 3 rings (SSSR count). The van der Waals surface area contributed by atoms with Crippen LogP contribution in [0.4, 0.5) is 5.69 Å². The number of likely N-dealkylation sites (tertiary alicyclic amines) is 1. The fourth-order valence-corrected chi connectivity index (χ4v) is 3.86. The van der Waals surface area contributed by atoms with Gasteiger partial charge in [-0.15, -0.1) is 0 Å². The fourth-order valence-electron chi connectivity index (χ4n) is 3.47. The van der Waals surface area contributed by atoms with E-state index in [2.05, 4.69) is 5.32 Å². The first-order valence-corrected chi connectivity index (χ1v) is 8.99. The number of benzene rings is 1. The molecule has 0 spiro atoms. The number of anilines is 1. The molecule has 130 valence electrons. The van der Waals surface area contributed by atoms with Gasteiger partial charge >= 0.3 is 0 Å². The zero-order valence-corrected chi connectivity index (χ0v) is 15.1. The van der Waals surface area contributed by atoms with E-state index >= 15 is 0 Å². The first-order chi connectivity index (χ1) is 11.5. The summed E-state index contributed by atoms with van der Waals surface area (Å²) in [5, 5.41) is 4.20. The van der Waals surface area contributed by atoms with Gasteiger partial charge in [0.1, 0.15) is 5.92 Å². The number of carbonyl (C=O) groups excluding carboxylic acids is 2. The van der Waals surface area contributed by atoms with Crippen molar-refractivity contribution in [1.29, 1.82) is 0 Å². The molecule has 2 atom stereocenters. The van der Waals surface area contributed by atoms with E-state index in [0.29, 0.717) is 41.3 Å². The van der Waals surface area contributed by atoms with E-state index < -0.39 is 5.92 Å². The number of amides is 2. The summed E-state index contributed by atoms with van der Waals surface area (Å²) in [4.78, 5) is 29.0. The summed E-state index contributed by atoms with van der Waals surface area (Å²) in [6.07, 6.45) is 2.53. The maximum atomic E-state index is 12.8. The van der Waals surface area contributed by atoms with Crippen LogP contribution in [0.15, 0.2) is 18.2 Å². The minimum atomic E-state index is -0.615. The molecule has 24 heavy (non-hydrogen) atoms. The molecule has 1 N–H and O–H groups in total. The first kappa shape index (κ1) is 17.5. The van der Waals surface area contributed by atoms with Gasteiger partial charge in [0.2, 0.25) is 11.8 Å². The Morgan fingerprint density at radius 1 is 1.25 bits per heavy atom. The van der Waals surface area contributed by atoms with Gasteiger partial charge in [-0.1, -0.05) is 23.2 Å². The minimum Gasteiger partial charge on any atom is -0.340 e. The normalized spacial score (nSPS) is 24.5. The lowest BCUT2D eigenvalue weighted by Crippen LogP contribution is -2.49. The summed E-state index contributed by atoms with van der Waals surface area (Å²) < 4.78 is 0. The second-order valence-corrected chi connectivity index (χ2v) is 7.18. The van der Waals surface area contributed by atoms with Crippen molar-refractivity contribution in [2.75, 3.05) is 31.6 Å². The summed E-state index contributed by atoms with van der Waals surface area (Å²) in [5.74, 6) is -0.869. The first-order valence-electron chi connectivity index (χ1n) is 8.23. The van der Waals surface area contributed by atoms with Crippen molar-refractivity contribution < 1.29 is 9.59 Å². The van der Waals surface area contributed by atoms with Gasteiger partial charge in [0.05, 0.1) is 10.7 Å². The van der Waals surface area contributed by atoms with Gasteiger partial charge in [0.15, 0.2) is 0 Å². The minimum absolute atomic E-state index is 0.0689. The molecule has 0 unspecified atom stereocenters. The number of carbonyl (C=O) groups is 2. The van der Waals surface area contributed by atoms with Crippen LogP contribution in [0.3, 0.4) is 0 Å². The van der Waals surface area contributed by atoms with E-state index in [1.807, 2.05) is 11.9 Å². The van der Waals surface area contributed by atoms with Crippen LogP contribution in [-0.4, -0.2) is 49.4 Å². The Kier molecular flexibility index (Phi) is 5.33. The van der Waals surface area contributed by atoms with Crippen molar-refractivity contribution >= 4 is 40.7 Å². The van der Waals surface area contributed by atoms with Gasteiger partial charge < -0.3 is 15.1 Å². The lowest BCUT2D eigenvalue weighted by atomic mass is 10.0. The molecule has 0 saturated carbocycles. The molecule has 1 aromatic rings. The number of nitrogens with one attached hydrogen (secondary N) is 1. The Labute approximate surface area is 151 Å². The summed E-state index contributed by atoms with van der Waals surface area (Å²) in [6.45, 7) is 1.87. The van der Waals surface area contributed by atoms with Gasteiger partial charge in [-0.3, -0.25) is 9.59 Å². The number of piperidine rings is 1. The molecule has 2 fully saturated rings. The van der Waals surface area contributed by atoms with Crippen molar-refractivity contribution in [1.82, 2.24) is 10.2 Å². The predicted octanol–water partition coefficient (Wildman–Crippen LogP) is 2.56. The zero-order chi connectivity index (χ0) is 17.3. The third-order valence-electron chi connectivity index (χ3n) is 4.84. The largest absolute Gasteiger partial charge is 0.340 e. The van der Waals surface area contributed by atoms with Gasteiger partial charge in [-0.25, -0.2) is 0 Å². The van der Waals surface area contributed by atoms with Crippen LogP contribution in [0.25, 0.3) is 0 Å². The molecule has 2 saturated heterocycles. The van der Waals surface area contributed by atoms with E-state index in [-0.39, 0.29) is 11.8 Å². The van der Waals surface area contributed by atoms with E-state index in [0.717, 1.165) is 19.4 Å². The van der Waals surface area contributed by atoms with E-state index in [1.54, 1.807) is 23.1 Å². The maximum absolute atomic E-state index is 12.8. The Bertz CT molecular complexity index is 653. The van der Waals surface area contributed by atoms with E-state index in [1.165, 1.54) is 0 Å². The van der Waals surface area contributed by atoms with Crippen molar-refractivity contribution in [2.24, 2.45) is 5.92 Å². The van der Waals surface area contributed by atoms with Crippen LogP contribution in [0, 0.1) is 5.92 Å². The quantitative estimate of drug-likeness (QED) is 0.833. The van der Waals surface area contributed by atoms with Gasteiger partial charge in [0, 0.05) is 30.7 Å². The highest BCUT2D eigenvalue weighted by atomic mass is 35.5. The number of nitrogens with zero attached hydrogens (tertiary/aromatic N) is 2. The third kappa shape index (κ3) is 3.39. The van der Waals surface area contributed by atoms with Gasteiger partial charge in [-0.2, -0.15) is 0 Å². The second-order valence-electron chi connectivity index (χ2n) is 6.34. The Balaban J connectivity index is 1.74. The smallest absolute Gasteiger partial charge is 0.239 e. The summed E-state index contributed by atoms with van der Waals surface area (Å²) in [7, 11) is 1.91. The standard InChI is InChI=1S/C17H21Cl2N3O2/c1-20-12-3-2-7-21(10-12)16(23)13-6-8-22(17(13)24)15-9-11(18)4-5-14(15)19/h4-5,9,12-13,20H,2-3,6-8,10H2,1H3/t12-,13-/m0/s1. The molecule has 2 amide bonds. The summed E-state index contributed by atoms with van der Waals surface area (Å²) >= 11 is 12.2. The predicted molar refractivity (Wildman–Crippen MR) is 95.6 cm³/mol. The summed E-state index contributed by atoms with van der Waals surface area (Å²) in [6, 6.07) is 5.33. The molecular formula is C17H21Cl2N3O2. The number of hydrogen-bond donors (Lipinski definition) is 1. The van der Waals surface area contributed by atoms with Crippen LogP contribution in [0.1, 0.15) is 19.3 Å². The lowest BCUT2D eigenvalue weighted by molar-refractivity contribution is -0.140. The highest BCUT2D eigenvalue weighted by Crippen LogP contribution is 2.34. The van der Waals surface area contributed by atoms with E-state index in [4.69, 9.17) is 23.2 Å². The average Bonchev–Trinajstić information content (AvgIpc) is 2.97. The topological polar surface area (TPSA) is 52.7 Å². The second kappa shape index (κ2) is 7.30. The van der Waals surface area contributed by atoms with Crippen molar-refractivity contribution in [2.45, 2.75) is 25.3 Å². The molecule has 2 heterocycles. The Morgan fingerprint density at radius 3 is 2.79 bits per heavy atom. The van der Waals surface area contributed by atoms with Crippen LogP contribution < -0.4 is 10.2 Å². The zero-order valence-electron chi connectivity index (χ0n) is 13.6.